The molecule has 2 aromatic carbocycles. The minimum atomic E-state index is -0.336. The van der Waals surface area contributed by atoms with Gasteiger partial charge >= 0.3 is 0 Å². The highest BCUT2D eigenvalue weighted by Crippen LogP contribution is 2.34. The number of nitrogens with zero attached hydrogens (tertiary/aromatic N) is 2. The van der Waals surface area contributed by atoms with Crippen molar-refractivity contribution in [3.8, 4) is 11.5 Å². The van der Waals surface area contributed by atoms with Crippen LogP contribution in [0.4, 0.5) is 11.5 Å². The highest BCUT2D eigenvalue weighted by molar-refractivity contribution is 6.03. The smallest absolute Gasteiger partial charge is 0.276 e. The average Bonchev–Trinajstić information content (AvgIpc) is 3.17. The standard InChI is InChI=1S/C20H18N4O3/c25-20(22-15-6-8-17-18(12-15)27-13-26-17)16-7-9-19(24-23-16)21-11-10-14-4-2-1-3-5-14/h1-9,12H,10-11,13H2,(H,21,24)(H,22,25). The van der Waals surface area contributed by atoms with Crippen LogP contribution >= 0.6 is 0 Å². The van der Waals surface area contributed by atoms with Crippen LogP contribution in [0.25, 0.3) is 0 Å². The number of ether oxygens (including phenoxy) is 2. The van der Waals surface area contributed by atoms with Gasteiger partial charge < -0.3 is 20.1 Å². The number of hydrogen-bond acceptors (Lipinski definition) is 6. The summed E-state index contributed by atoms with van der Waals surface area (Å²) in [5.74, 6) is 1.57. The van der Waals surface area contributed by atoms with E-state index < -0.39 is 0 Å². The van der Waals surface area contributed by atoms with E-state index in [1.54, 1.807) is 30.3 Å². The first-order chi connectivity index (χ1) is 13.3. The molecule has 4 rings (SSSR count). The lowest BCUT2D eigenvalue weighted by Crippen LogP contribution is -2.15. The fourth-order valence-corrected chi connectivity index (χ4v) is 2.70. The third-order valence-electron chi connectivity index (χ3n) is 4.09. The average molecular weight is 362 g/mol. The Morgan fingerprint density at radius 3 is 2.63 bits per heavy atom. The molecule has 1 aromatic heterocycles. The number of benzene rings is 2. The van der Waals surface area contributed by atoms with E-state index in [-0.39, 0.29) is 18.4 Å². The Bertz CT molecular complexity index is 930. The molecule has 0 saturated heterocycles. The zero-order valence-electron chi connectivity index (χ0n) is 14.5. The maximum atomic E-state index is 12.3. The fourth-order valence-electron chi connectivity index (χ4n) is 2.70. The molecule has 1 aliphatic rings. The minimum absolute atomic E-state index is 0.191. The molecule has 1 amide bonds. The van der Waals surface area contributed by atoms with Gasteiger partial charge in [-0.2, -0.15) is 0 Å². The van der Waals surface area contributed by atoms with Crippen LogP contribution in [0.2, 0.25) is 0 Å². The molecule has 0 aliphatic carbocycles. The summed E-state index contributed by atoms with van der Waals surface area (Å²) < 4.78 is 10.6. The highest BCUT2D eigenvalue weighted by Gasteiger charge is 2.15. The first-order valence-electron chi connectivity index (χ1n) is 8.60. The van der Waals surface area contributed by atoms with Crippen LogP contribution in [-0.2, 0) is 6.42 Å². The van der Waals surface area contributed by atoms with Crippen molar-refractivity contribution in [3.63, 3.8) is 0 Å². The van der Waals surface area contributed by atoms with Gasteiger partial charge in [0.05, 0.1) is 0 Å². The number of carbonyl (C=O) groups is 1. The van der Waals surface area contributed by atoms with E-state index in [1.165, 1.54) is 5.56 Å². The van der Waals surface area contributed by atoms with Crippen molar-refractivity contribution in [2.45, 2.75) is 6.42 Å². The zero-order valence-corrected chi connectivity index (χ0v) is 14.5. The minimum Gasteiger partial charge on any atom is -0.454 e. The maximum absolute atomic E-state index is 12.3. The molecule has 7 heteroatoms. The van der Waals surface area contributed by atoms with Crippen molar-refractivity contribution < 1.29 is 14.3 Å². The van der Waals surface area contributed by atoms with E-state index in [1.807, 2.05) is 18.2 Å². The van der Waals surface area contributed by atoms with E-state index in [2.05, 4.69) is 33.0 Å². The lowest BCUT2D eigenvalue weighted by atomic mass is 10.1. The third kappa shape index (κ3) is 4.14. The molecule has 0 saturated carbocycles. The summed E-state index contributed by atoms with van der Waals surface area (Å²) in [6, 6.07) is 18.8. The first-order valence-corrected chi connectivity index (χ1v) is 8.60. The van der Waals surface area contributed by atoms with E-state index in [0.29, 0.717) is 23.0 Å². The molecule has 0 fully saturated rings. The number of aromatic nitrogens is 2. The van der Waals surface area contributed by atoms with Gasteiger partial charge in [0, 0.05) is 18.3 Å². The maximum Gasteiger partial charge on any atom is 0.276 e. The van der Waals surface area contributed by atoms with Crippen LogP contribution in [0, 0.1) is 0 Å². The number of anilines is 2. The van der Waals surface area contributed by atoms with Crippen LogP contribution in [0.5, 0.6) is 11.5 Å². The molecule has 2 N–H and O–H groups in total. The van der Waals surface area contributed by atoms with Gasteiger partial charge in [0.2, 0.25) is 6.79 Å². The number of nitrogens with one attached hydrogen (secondary N) is 2. The molecule has 27 heavy (non-hydrogen) atoms. The molecule has 136 valence electrons. The van der Waals surface area contributed by atoms with Crippen LogP contribution in [0.3, 0.4) is 0 Å². The normalized spacial score (nSPS) is 11.9. The summed E-state index contributed by atoms with van der Waals surface area (Å²) >= 11 is 0. The molecule has 3 aromatic rings. The fraction of sp³-hybridized carbons (Fsp3) is 0.150. The Morgan fingerprint density at radius 2 is 1.81 bits per heavy atom. The van der Waals surface area contributed by atoms with Crippen molar-refractivity contribution in [2.24, 2.45) is 0 Å². The topological polar surface area (TPSA) is 85.4 Å². The largest absolute Gasteiger partial charge is 0.454 e. The predicted molar refractivity (Wildman–Crippen MR) is 101 cm³/mol. The summed E-state index contributed by atoms with van der Waals surface area (Å²) in [5, 5.41) is 14.0. The summed E-state index contributed by atoms with van der Waals surface area (Å²) in [5.41, 5.74) is 2.09. The van der Waals surface area contributed by atoms with Gasteiger partial charge in [0.15, 0.2) is 17.2 Å². The van der Waals surface area contributed by atoms with E-state index in [4.69, 9.17) is 9.47 Å². The number of carbonyl (C=O) groups excluding carboxylic acids is 1. The zero-order chi connectivity index (χ0) is 18.5. The molecule has 0 radical (unpaired) electrons. The Labute approximate surface area is 156 Å². The monoisotopic (exact) mass is 362 g/mol. The molecule has 0 bridgehead atoms. The Morgan fingerprint density at radius 1 is 0.963 bits per heavy atom. The Balaban J connectivity index is 1.32. The molecule has 1 aliphatic heterocycles. The number of fused-ring (bicyclic) bond motifs is 1. The summed E-state index contributed by atoms with van der Waals surface area (Å²) in [7, 11) is 0. The van der Waals surface area contributed by atoms with Gasteiger partial charge in [-0.1, -0.05) is 30.3 Å². The van der Waals surface area contributed by atoms with Crippen LogP contribution < -0.4 is 20.1 Å². The lowest BCUT2D eigenvalue weighted by molar-refractivity contribution is 0.102. The third-order valence-corrected chi connectivity index (χ3v) is 4.09. The van der Waals surface area contributed by atoms with Crippen LogP contribution in [-0.4, -0.2) is 29.4 Å². The van der Waals surface area contributed by atoms with E-state index in [9.17, 15) is 4.79 Å². The van der Waals surface area contributed by atoms with Gasteiger partial charge in [0.1, 0.15) is 5.82 Å². The van der Waals surface area contributed by atoms with Gasteiger partial charge in [-0.15, -0.1) is 10.2 Å². The first kappa shape index (κ1) is 16.8. The van der Waals surface area contributed by atoms with Crippen LogP contribution in [0.1, 0.15) is 16.1 Å². The molecule has 2 heterocycles. The van der Waals surface area contributed by atoms with Crippen molar-refractivity contribution >= 4 is 17.4 Å². The van der Waals surface area contributed by atoms with Gasteiger partial charge in [-0.25, -0.2) is 0 Å². The molecule has 0 spiro atoms. The molecule has 0 atom stereocenters. The van der Waals surface area contributed by atoms with Gasteiger partial charge in [-0.05, 0) is 36.2 Å². The Hall–Kier alpha value is -3.61. The SMILES string of the molecule is O=C(Nc1ccc2c(c1)OCO2)c1ccc(NCCc2ccccc2)nn1. The number of amides is 1. The predicted octanol–water partition coefficient (Wildman–Crippen LogP) is 3.11. The van der Waals surface area contributed by atoms with E-state index >= 15 is 0 Å². The molecule has 0 unspecified atom stereocenters. The van der Waals surface area contributed by atoms with Crippen molar-refractivity contribution in [1.82, 2.24) is 10.2 Å². The summed E-state index contributed by atoms with van der Waals surface area (Å²) in [6.07, 6.45) is 0.884. The van der Waals surface area contributed by atoms with Crippen molar-refractivity contribution in [2.75, 3.05) is 24.0 Å². The quantitative estimate of drug-likeness (QED) is 0.701. The lowest BCUT2D eigenvalue weighted by Gasteiger charge is -2.07. The number of hydrogen-bond donors (Lipinski definition) is 2. The Kier molecular flexibility index (Phi) is 4.82. The molecule has 7 nitrogen and oxygen atoms in total. The second kappa shape index (κ2) is 7.74. The van der Waals surface area contributed by atoms with Gasteiger partial charge in [0.25, 0.3) is 5.91 Å². The summed E-state index contributed by atoms with van der Waals surface area (Å²) in [6.45, 7) is 0.929. The summed E-state index contributed by atoms with van der Waals surface area (Å²) in [4.78, 5) is 12.3. The van der Waals surface area contributed by atoms with Crippen molar-refractivity contribution in [3.05, 3.63) is 71.9 Å². The second-order valence-corrected chi connectivity index (χ2v) is 5.99. The van der Waals surface area contributed by atoms with Gasteiger partial charge in [-0.3, -0.25) is 4.79 Å². The van der Waals surface area contributed by atoms with E-state index in [0.717, 1.165) is 13.0 Å². The highest BCUT2D eigenvalue weighted by atomic mass is 16.7. The molecular formula is C20H18N4O3. The number of rotatable bonds is 6. The molecular weight excluding hydrogens is 344 g/mol. The second-order valence-electron chi connectivity index (χ2n) is 5.99. The van der Waals surface area contributed by atoms with Crippen molar-refractivity contribution in [1.29, 1.82) is 0 Å². The van der Waals surface area contributed by atoms with Crippen LogP contribution in [0.15, 0.2) is 60.7 Å².